The number of aromatic nitrogens is 1. The van der Waals surface area contributed by atoms with E-state index in [0.29, 0.717) is 6.54 Å². The predicted octanol–water partition coefficient (Wildman–Crippen LogP) is 2.76. The van der Waals surface area contributed by atoms with Crippen LogP contribution >= 0.6 is 15.9 Å². The van der Waals surface area contributed by atoms with Crippen LogP contribution in [0, 0.1) is 10.1 Å². The molecular weight excluding hydrogens is 338 g/mol. The number of amides is 1. The molecule has 2 rings (SSSR count). The van der Waals surface area contributed by atoms with Crippen molar-refractivity contribution in [3.8, 4) is 0 Å². The first-order valence-electron chi connectivity index (χ1n) is 6.24. The Hall–Kier alpha value is -2.15. The van der Waals surface area contributed by atoms with Crippen molar-refractivity contribution in [1.82, 2.24) is 9.88 Å². The van der Waals surface area contributed by atoms with E-state index >= 15 is 0 Å². The summed E-state index contributed by atoms with van der Waals surface area (Å²) in [6, 6.07) is 9.09. The molecule has 0 bridgehead atoms. The Balaban J connectivity index is 2.02. The fraction of sp³-hybridized carbons (Fsp3) is 0.214. The fourth-order valence-corrected chi connectivity index (χ4v) is 2.27. The Morgan fingerprint density at radius 2 is 1.95 bits per heavy atom. The summed E-state index contributed by atoms with van der Waals surface area (Å²) in [7, 11) is 1.60. The Labute approximate surface area is 130 Å². The summed E-state index contributed by atoms with van der Waals surface area (Å²) < 4.78 is 1.45. The monoisotopic (exact) mass is 351 g/mol. The molecule has 0 saturated carbocycles. The molecule has 0 radical (unpaired) electrons. The van der Waals surface area contributed by atoms with Gasteiger partial charge in [-0.2, -0.15) is 0 Å². The molecule has 1 aromatic heterocycles. The standard InChI is InChI=1S/C14H14BrN3O3/c1-17-9-12(18(20)21)6-13(17)14(19)16-8-11-4-2-10(7-15)3-5-11/h2-6,9H,7-8H2,1H3,(H,16,19). The lowest BCUT2D eigenvalue weighted by atomic mass is 10.1. The zero-order chi connectivity index (χ0) is 15.4. The van der Waals surface area contributed by atoms with Gasteiger partial charge in [-0.1, -0.05) is 40.2 Å². The first kappa shape index (κ1) is 15.2. The number of carbonyl (C=O) groups is 1. The number of nitrogens with one attached hydrogen (secondary N) is 1. The van der Waals surface area contributed by atoms with E-state index in [1.165, 1.54) is 16.8 Å². The number of aryl methyl sites for hydroxylation is 1. The molecule has 0 atom stereocenters. The van der Waals surface area contributed by atoms with Crippen molar-refractivity contribution >= 4 is 27.5 Å². The number of carbonyl (C=O) groups excluding carboxylic acids is 1. The molecule has 21 heavy (non-hydrogen) atoms. The molecule has 0 fully saturated rings. The van der Waals surface area contributed by atoms with Crippen LogP contribution in [0.5, 0.6) is 0 Å². The molecule has 1 aromatic carbocycles. The first-order valence-corrected chi connectivity index (χ1v) is 7.36. The zero-order valence-electron chi connectivity index (χ0n) is 11.4. The predicted molar refractivity (Wildman–Crippen MR) is 82.3 cm³/mol. The second-order valence-electron chi connectivity index (χ2n) is 4.58. The third kappa shape index (κ3) is 3.69. The van der Waals surface area contributed by atoms with Crippen molar-refractivity contribution < 1.29 is 9.72 Å². The minimum Gasteiger partial charge on any atom is -0.347 e. The number of hydrogen-bond acceptors (Lipinski definition) is 3. The molecule has 1 amide bonds. The van der Waals surface area contributed by atoms with E-state index < -0.39 is 4.92 Å². The topological polar surface area (TPSA) is 77.2 Å². The highest BCUT2D eigenvalue weighted by Crippen LogP contribution is 2.15. The van der Waals surface area contributed by atoms with Gasteiger partial charge >= 0.3 is 0 Å². The normalized spacial score (nSPS) is 10.4. The lowest BCUT2D eigenvalue weighted by Gasteiger charge is -2.06. The van der Waals surface area contributed by atoms with Crippen LogP contribution in [0.4, 0.5) is 5.69 Å². The molecular formula is C14H14BrN3O3. The van der Waals surface area contributed by atoms with Gasteiger partial charge in [-0.25, -0.2) is 0 Å². The van der Waals surface area contributed by atoms with Gasteiger partial charge in [0.2, 0.25) is 0 Å². The fourth-order valence-electron chi connectivity index (χ4n) is 1.89. The van der Waals surface area contributed by atoms with E-state index in [4.69, 9.17) is 0 Å². The van der Waals surface area contributed by atoms with Crippen LogP contribution in [0.2, 0.25) is 0 Å². The number of nitrogens with zero attached hydrogens (tertiary/aromatic N) is 2. The molecule has 7 heteroatoms. The van der Waals surface area contributed by atoms with Crippen LogP contribution in [0.15, 0.2) is 36.5 Å². The number of halogens is 1. The summed E-state index contributed by atoms with van der Waals surface area (Å²) >= 11 is 3.37. The first-order chi connectivity index (χ1) is 10.0. The van der Waals surface area contributed by atoms with E-state index in [1.54, 1.807) is 7.05 Å². The van der Waals surface area contributed by atoms with Crippen molar-refractivity contribution in [1.29, 1.82) is 0 Å². The van der Waals surface area contributed by atoms with Crippen LogP contribution < -0.4 is 5.32 Å². The average molecular weight is 352 g/mol. The summed E-state index contributed by atoms with van der Waals surface area (Å²) in [6.45, 7) is 0.375. The molecule has 6 nitrogen and oxygen atoms in total. The van der Waals surface area contributed by atoms with Gasteiger partial charge in [0.15, 0.2) is 0 Å². The van der Waals surface area contributed by atoms with E-state index in [9.17, 15) is 14.9 Å². The van der Waals surface area contributed by atoms with E-state index in [2.05, 4.69) is 21.2 Å². The van der Waals surface area contributed by atoms with E-state index in [-0.39, 0.29) is 17.3 Å². The molecule has 0 aliphatic heterocycles. The van der Waals surface area contributed by atoms with Gasteiger partial charge in [0.05, 0.1) is 11.1 Å². The molecule has 0 saturated heterocycles. The summed E-state index contributed by atoms with van der Waals surface area (Å²) in [5.74, 6) is -0.338. The van der Waals surface area contributed by atoms with Crippen molar-refractivity contribution in [2.75, 3.05) is 0 Å². The third-order valence-corrected chi connectivity index (χ3v) is 3.71. The molecule has 1 N–H and O–H groups in total. The van der Waals surface area contributed by atoms with Gasteiger partial charge < -0.3 is 9.88 Å². The number of hydrogen-bond donors (Lipinski definition) is 1. The van der Waals surface area contributed by atoms with Crippen molar-refractivity contribution in [3.05, 3.63) is 63.5 Å². The van der Waals surface area contributed by atoms with Crippen molar-refractivity contribution in [2.24, 2.45) is 7.05 Å². The summed E-state index contributed by atoms with van der Waals surface area (Å²) in [4.78, 5) is 22.2. The summed E-state index contributed by atoms with van der Waals surface area (Å²) in [5, 5.41) is 14.2. The highest BCUT2D eigenvalue weighted by Gasteiger charge is 2.17. The highest BCUT2D eigenvalue weighted by molar-refractivity contribution is 9.08. The number of rotatable bonds is 5. The summed E-state index contributed by atoms with van der Waals surface area (Å²) in [5.41, 5.74) is 2.29. The Bertz CT molecular complexity index is 665. The maximum absolute atomic E-state index is 12.0. The van der Waals surface area contributed by atoms with Crippen LogP contribution in [0.3, 0.4) is 0 Å². The van der Waals surface area contributed by atoms with Gasteiger partial charge in [-0.15, -0.1) is 0 Å². The van der Waals surface area contributed by atoms with Crippen LogP contribution in [0.1, 0.15) is 21.6 Å². The number of alkyl halides is 1. The Kier molecular flexibility index (Phi) is 4.74. The van der Waals surface area contributed by atoms with Crippen molar-refractivity contribution in [3.63, 3.8) is 0 Å². The van der Waals surface area contributed by atoms with Crippen molar-refractivity contribution in [2.45, 2.75) is 11.9 Å². The van der Waals surface area contributed by atoms with E-state index in [0.717, 1.165) is 16.5 Å². The maximum atomic E-state index is 12.0. The maximum Gasteiger partial charge on any atom is 0.287 e. The van der Waals surface area contributed by atoms with Gasteiger partial charge in [0.25, 0.3) is 11.6 Å². The number of nitro groups is 1. The van der Waals surface area contributed by atoms with Gasteiger partial charge in [-0.05, 0) is 11.1 Å². The molecule has 2 aromatic rings. The SMILES string of the molecule is Cn1cc([N+](=O)[O-])cc1C(=O)NCc1ccc(CBr)cc1. The molecule has 0 spiro atoms. The molecule has 1 heterocycles. The van der Waals surface area contributed by atoms with Crippen LogP contribution in [-0.2, 0) is 18.9 Å². The lowest BCUT2D eigenvalue weighted by Crippen LogP contribution is -2.24. The second kappa shape index (κ2) is 6.53. The Morgan fingerprint density at radius 3 is 2.48 bits per heavy atom. The minimum atomic E-state index is -0.518. The smallest absolute Gasteiger partial charge is 0.287 e. The summed E-state index contributed by atoms with van der Waals surface area (Å²) in [6.07, 6.45) is 1.32. The average Bonchev–Trinajstić information content (AvgIpc) is 2.87. The largest absolute Gasteiger partial charge is 0.347 e. The minimum absolute atomic E-state index is 0.0932. The molecule has 0 aliphatic rings. The van der Waals surface area contributed by atoms with Gasteiger partial charge in [0.1, 0.15) is 5.69 Å². The quantitative estimate of drug-likeness (QED) is 0.511. The van der Waals surface area contributed by atoms with Gasteiger partial charge in [0, 0.05) is 25.0 Å². The van der Waals surface area contributed by atoms with E-state index in [1.807, 2.05) is 24.3 Å². The van der Waals surface area contributed by atoms with Crippen LogP contribution in [-0.4, -0.2) is 15.4 Å². The lowest BCUT2D eigenvalue weighted by molar-refractivity contribution is -0.384. The second-order valence-corrected chi connectivity index (χ2v) is 5.15. The van der Waals surface area contributed by atoms with Gasteiger partial charge in [-0.3, -0.25) is 14.9 Å². The zero-order valence-corrected chi connectivity index (χ0v) is 13.0. The Morgan fingerprint density at radius 1 is 1.33 bits per heavy atom. The van der Waals surface area contributed by atoms with Crippen LogP contribution in [0.25, 0.3) is 0 Å². The molecule has 0 aliphatic carbocycles. The highest BCUT2D eigenvalue weighted by atomic mass is 79.9. The molecule has 110 valence electrons. The third-order valence-electron chi connectivity index (χ3n) is 3.06. The molecule has 0 unspecified atom stereocenters. The number of benzene rings is 1.